The smallest absolute Gasteiger partial charge is 0.313 e. The van der Waals surface area contributed by atoms with Gasteiger partial charge in [0.25, 0.3) is 0 Å². The third-order valence-corrected chi connectivity index (χ3v) is 2.22. The molecule has 1 fully saturated rings. The van der Waals surface area contributed by atoms with Gasteiger partial charge < -0.3 is 4.74 Å². The van der Waals surface area contributed by atoms with Crippen molar-refractivity contribution >= 4 is 11.8 Å². The minimum Gasteiger partial charge on any atom is -0.462 e. The lowest BCUT2D eigenvalue weighted by molar-refractivity contribution is -0.158. The Morgan fingerprint density at radius 1 is 1.38 bits per heavy atom. The standard InChI is InChI=1S/C10H16O3/c1-2-3-4-5-9-6-8(11)7-10(12)13-9/h9H,2-7H2,1H3. The zero-order valence-corrected chi connectivity index (χ0v) is 8.04. The molecule has 0 bridgehead atoms. The Balaban J connectivity index is 2.25. The van der Waals surface area contributed by atoms with Gasteiger partial charge in [-0.05, 0) is 12.8 Å². The van der Waals surface area contributed by atoms with E-state index < -0.39 is 0 Å². The quantitative estimate of drug-likeness (QED) is 0.380. The first-order chi connectivity index (χ1) is 6.22. The van der Waals surface area contributed by atoms with Crippen molar-refractivity contribution in [2.75, 3.05) is 0 Å². The predicted octanol–water partition coefficient (Wildman–Crippen LogP) is 1.84. The van der Waals surface area contributed by atoms with E-state index in [2.05, 4.69) is 6.92 Å². The van der Waals surface area contributed by atoms with E-state index in [0.717, 1.165) is 25.7 Å². The van der Waals surface area contributed by atoms with Gasteiger partial charge in [0.1, 0.15) is 18.3 Å². The Bertz CT molecular complexity index is 182. The van der Waals surface area contributed by atoms with E-state index >= 15 is 0 Å². The summed E-state index contributed by atoms with van der Waals surface area (Å²) in [5.41, 5.74) is 0. The SMILES string of the molecule is CCCCCC1CC(=O)CC(=O)O1. The highest BCUT2D eigenvalue weighted by Crippen LogP contribution is 2.16. The van der Waals surface area contributed by atoms with Crippen LogP contribution < -0.4 is 0 Å². The first-order valence-corrected chi connectivity index (χ1v) is 4.93. The number of carbonyl (C=O) groups is 2. The maximum Gasteiger partial charge on any atom is 0.313 e. The van der Waals surface area contributed by atoms with Crippen LogP contribution in [0.3, 0.4) is 0 Å². The maximum atomic E-state index is 11.0. The molecule has 0 aromatic carbocycles. The summed E-state index contributed by atoms with van der Waals surface area (Å²) < 4.78 is 5.04. The minimum atomic E-state index is -0.349. The summed E-state index contributed by atoms with van der Waals surface area (Å²) in [6, 6.07) is 0. The second kappa shape index (κ2) is 5.00. The van der Waals surface area contributed by atoms with Crippen molar-refractivity contribution < 1.29 is 14.3 Å². The average molecular weight is 184 g/mol. The largest absolute Gasteiger partial charge is 0.462 e. The molecule has 0 amide bonds. The number of unbranched alkanes of at least 4 members (excludes halogenated alkanes) is 2. The number of carbonyl (C=O) groups excluding carboxylic acids is 2. The molecule has 1 saturated heterocycles. The first-order valence-electron chi connectivity index (χ1n) is 4.93. The molecule has 0 N–H and O–H groups in total. The molecule has 1 unspecified atom stereocenters. The molecule has 0 saturated carbocycles. The molecule has 0 spiro atoms. The van der Waals surface area contributed by atoms with Crippen molar-refractivity contribution in [3.05, 3.63) is 0 Å². The molecule has 1 atom stereocenters. The van der Waals surface area contributed by atoms with Crippen LogP contribution in [0.25, 0.3) is 0 Å². The first kappa shape index (κ1) is 10.2. The van der Waals surface area contributed by atoms with Crippen molar-refractivity contribution in [3.63, 3.8) is 0 Å². The third-order valence-electron chi connectivity index (χ3n) is 2.22. The number of ketones is 1. The van der Waals surface area contributed by atoms with E-state index in [0.29, 0.717) is 6.42 Å². The van der Waals surface area contributed by atoms with E-state index in [9.17, 15) is 9.59 Å². The highest BCUT2D eigenvalue weighted by Gasteiger charge is 2.25. The van der Waals surface area contributed by atoms with Crippen LogP contribution in [0.4, 0.5) is 0 Å². The highest BCUT2D eigenvalue weighted by atomic mass is 16.5. The highest BCUT2D eigenvalue weighted by molar-refractivity contribution is 5.97. The Morgan fingerprint density at radius 3 is 2.77 bits per heavy atom. The lowest BCUT2D eigenvalue weighted by atomic mass is 10.0. The monoisotopic (exact) mass is 184 g/mol. The summed E-state index contributed by atoms with van der Waals surface area (Å²) in [4.78, 5) is 21.9. The topological polar surface area (TPSA) is 43.4 Å². The summed E-state index contributed by atoms with van der Waals surface area (Å²) in [6.07, 6.45) is 4.43. The fourth-order valence-corrected chi connectivity index (χ4v) is 1.54. The Hall–Kier alpha value is -0.860. The van der Waals surface area contributed by atoms with E-state index in [-0.39, 0.29) is 24.3 Å². The van der Waals surface area contributed by atoms with Crippen molar-refractivity contribution in [3.8, 4) is 0 Å². The van der Waals surface area contributed by atoms with Crippen LogP contribution in [0.1, 0.15) is 45.4 Å². The van der Waals surface area contributed by atoms with Crippen molar-refractivity contribution in [2.45, 2.75) is 51.6 Å². The van der Waals surface area contributed by atoms with E-state index in [1.807, 2.05) is 0 Å². The third kappa shape index (κ3) is 3.57. The Kier molecular flexibility index (Phi) is 3.93. The fourth-order valence-electron chi connectivity index (χ4n) is 1.54. The number of cyclic esters (lactones) is 1. The van der Waals surface area contributed by atoms with Gasteiger partial charge in [0.2, 0.25) is 0 Å². The number of esters is 1. The van der Waals surface area contributed by atoms with Crippen LogP contribution in [0.5, 0.6) is 0 Å². The van der Waals surface area contributed by atoms with Gasteiger partial charge in [-0.1, -0.05) is 19.8 Å². The van der Waals surface area contributed by atoms with Gasteiger partial charge in [-0.15, -0.1) is 0 Å². The van der Waals surface area contributed by atoms with Crippen molar-refractivity contribution in [1.29, 1.82) is 0 Å². The van der Waals surface area contributed by atoms with Crippen molar-refractivity contribution in [1.82, 2.24) is 0 Å². The van der Waals surface area contributed by atoms with E-state index in [4.69, 9.17) is 4.74 Å². The molecule has 0 aliphatic carbocycles. The Labute approximate surface area is 78.5 Å². The average Bonchev–Trinajstić information content (AvgIpc) is 2.03. The number of hydrogen-bond donors (Lipinski definition) is 0. The van der Waals surface area contributed by atoms with Gasteiger partial charge in [-0.2, -0.15) is 0 Å². The predicted molar refractivity (Wildman–Crippen MR) is 48.3 cm³/mol. The molecule has 0 aromatic heterocycles. The second-order valence-electron chi connectivity index (χ2n) is 3.53. The zero-order chi connectivity index (χ0) is 9.68. The molecule has 3 heteroatoms. The number of rotatable bonds is 4. The lowest BCUT2D eigenvalue weighted by Crippen LogP contribution is -2.29. The summed E-state index contributed by atoms with van der Waals surface area (Å²) in [5.74, 6) is -0.324. The number of Topliss-reactive ketones (excluding diaryl/α,β-unsaturated/α-hetero) is 1. The van der Waals surface area contributed by atoms with E-state index in [1.165, 1.54) is 0 Å². The van der Waals surface area contributed by atoms with Crippen LogP contribution in [-0.4, -0.2) is 17.9 Å². The summed E-state index contributed by atoms with van der Waals surface area (Å²) in [6.45, 7) is 2.12. The van der Waals surface area contributed by atoms with Gasteiger partial charge in [0, 0.05) is 6.42 Å². The fraction of sp³-hybridized carbons (Fsp3) is 0.800. The maximum absolute atomic E-state index is 11.0. The van der Waals surface area contributed by atoms with Gasteiger partial charge in [0.05, 0.1) is 0 Å². The summed E-state index contributed by atoms with van der Waals surface area (Å²) in [5, 5.41) is 0. The number of hydrogen-bond acceptors (Lipinski definition) is 3. The molecule has 0 aromatic rings. The van der Waals surface area contributed by atoms with Crippen LogP contribution in [0.2, 0.25) is 0 Å². The van der Waals surface area contributed by atoms with Gasteiger partial charge in [-0.25, -0.2) is 0 Å². The van der Waals surface area contributed by atoms with Crippen molar-refractivity contribution in [2.24, 2.45) is 0 Å². The number of ether oxygens (including phenoxy) is 1. The molecule has 1 aliphatic heterocycles. The van der Waals surface area contributed by atoms with Crippen LogP contribution in [0.15, 0.2) is 0 Å². The van der Waals surface area contributed by atoms with Gasteiger partial charge in [-0.3, -0.25) is 9.59 Å². The summed E-state index contributed by atoms with van der Waals surface area (Å²) >= 11 is 0. The minimum absolute atomic E-state index is 0.0235. The summed E-state index contributed by atoms with van der Waals surface area (Å²) in [7, 11) is 0. The molecule has 0 radical (unpaired) electrons. The van der Waals surface area contributed by atoms with Crippen LogP contribution in [0, 0.1) is 0 Å². The molecule has 1 rings (SSSR count). The zero-order valence-electron chi connectivity index (χ0n) is 8.04. The lowest BCUT2D eigenvalue weighted by Gasteiger charge is -2.21. The van der Waals surface area contributed by atoms with Crippen LogP contribution in [-0.2, 0) is 14.3 Å². The Morgan fingerprint density at radius 2 is 2.15 bits per heavy atom. The molecule has 1 heterocycles. The van der Waals surface area contributed by atoms with Gasteiger partial charge >= 0.3 is 5.97 Å². The van der Waals surface area contributed by atoms with Gasteiger partial charge in [0.15, 0.2) is 0 Å². The molecule has 3 nitrogen and oxygen atoms in total. The molecule has 13 heavy (non-hydrogen) atoms. The molecule has 74 valence electrons. The second-order valence-corrected chi connectivity index (χ2v) is 3.53. The molecule has 1 aliphatic rings. The van der Waals surface area contributed by atoms with Crippen LogP contribution >= 0.6 is 0 Å². The van der Waals surface area contributed by atoms with E-state index in [1.54, 1.807) is 0 Å². The molecular weight excluding hydrogens is 168 g/mol. The molecular formula is C10H16O3. The normalized spacial score (nSPS) is 23.0.